The summed E-state index contributed by atoms with van der Waals surface area (Å²) in [6.45, 7) is 7.29. The van der Waals surface area contributed by atoms with Gasteiger partial charge in [0.2, 0.25) is 5.91 Å². The Balaban J connectivity index is 1.45. The summed E-state index contributed by atoms with van der Waals surface area (Å²) in [5.74, 6) is -0.945. The fourth-order valence-electron chi connectivity index (χ4n) is 3.59. The zero-order valence-corrected chi connectivity index (χ0v) is 19.2. The number of thiazole rings is 1. The average Bonchev–Trinajstić information content (AvgIpc) is 3.29. The number of urea groups is 1. The topological polar surface area (TPSA) is 91.4 Å². The predicted molar refractivity (Wildman–Crippen MR) is 124 cm³/mol. The molecule has 2 N–H and O–H groups in total. The van der Waals surface area contributed by atoms with Crippen molar-refractivity contribution in [3.63, 3.8) is 0 Å². The van der Waals surface area contributed by atoms with Gasteiger partial charge in [-0.25, -0.2) is 9.78 Å². The molecule has 32 heavy (non-hydrogen) atoms. The number of aromatic nitrogens is 1. The van der Waals surface area contributed by atoms with Gasteiger partial charge in [0.25, 0.3) is 5.91 Å². The second kappa shape index (κ2) is 8.20. The molecule has 0 saturated carbocycles. The van der Waals surface area contributed by atoms with Gasteiger partial charge in [0, 0.05) is 10.9 Å². The lowest BCUT2D eigenvalue weighted by Gasteiger charge is -2.22. The molecule has 2 heterocycles. The molecule has 4 amide bonds. The van der Waals surface area contributed by atoms with Crippen LogP contribution in [0.1, 0.15) is 29.2 Å². The molecule has 1 atom stereocenters. The molecule has 0 spiro atoms. The molecule has 1 saturated heterocycles. The second-order valence-electron chi connectivity index (χ2n) is 8.20. The van der Waals surface area contributed by atoms with Crippen LogP contribution in [0.5, 0.6) is 0 Å². The molecule has 0 radical (unpaired) electrons. The van der Waals surface area contributed by atoms with Crippen LogP contribution in [0.3, 0.4) is 0 Å². The van der Waals surface area contributed by atoms with Crippen LogP contribution in [0.2, 0.25) is 0 Å². The van der Waals surface area contributed by atoms with E-state index in [0.717, 1.165) is 27.3 Å². The van der Waals surface area contributed by atoms with Gasteiger partial charge in [0.1, 0.15) is 12.1 Å². The lowest BCUT2D eigenvalue weighted by atomic mass is 9.91. The number of anilines is 1. The van der Waals surface area contributed by atoms with E-state index in [2.05, 4.69) is 21.7 Å². The quantitative estimate of drug-likeness (QED) is 0.574. The first-order valence-electron chi connectivity index (χ1n) is 10.2. The van der Waals surface area contributed by atoms with E-state index in [4.69, 9.17) is 0 Å². The molecule has 8 heteroatoms. The Morgan fingerprint density at radius 1 is 1.09 bits per heavy atom. The second-order valence-corrected chi connectivity index (χ2v) is 9.06. The van der Waals surface area contributed by atoms with E-state index >= 15 is 0 Å². The van der Waals surface area contributed by atoms with E-state index in [0.29, 0.717) is 10.7 Å². The van der Waals surface area contributed by atoms with Gasteiger partial charge in [-0.1, -0.05) is 42.0 Å². The molecule has 1 aliphatic heterocycles. The van der Waals surface area contributed by atoms with Crippen LogP contribution in [0.15, 0.2) is 47.8 Å². The molecule has 1 unspecified atom stereocenters. The lowest BCUT2D eigenvalue weighted by Crippen LogP contribution is -2.42. The first-order chi connectivity index (χ1) is 15.2. The molecule has 4 rings (SSSR count). The van der Waals surface area contributed by atoms with Gasteiger partial charge in [0.15, 0.2) is 5.13 Å². The largest absolute Gasteiger partial charge is 0.325 e. The Morgan fingerprint density at radius 2 is 1.81 bits per heavy atom. The number of nitrogens with zero attached hydrogens (tertiary/aromatic N) is 2. The zero-order chi connectivity index (χ0) is 23.0. The third kappa shape index (κ3) is 4.01. The highest BCUT2D eigenvalue weighted by Crippen LogP contribution is 2.29. The highest BCUT2D eigenvalue weighted by atomic mass is 32.1. The molecule has 3 aromatic rings. The van der Waals surface area contributed by atoms with Crippen LogP contribution in [-0.4, -0.2) is 34.3 Å². The maximum Gasteiger partial charge on any atom is 0.325 e. The summed E-state index contributed by atoms with van der Waals surface area (Å²) in [5.41, 5.74) is 4.60. The van der Waals surface area contributed by atoms with Gasteiger partial charge < -0.3 is 10.6 Å². The molecule has 164 valence electrons. The Bertz CT molecular complexity index is 1220. The summed E-state index contributed by atoms with van der Waals surface area (Å²) in [6.07, 6.45) is 0. The number of carbonyl (C=O) groups excluding carboxylic acids is 3. The van der Waals surface area contributed by atoms with Crippen LogP contribution in [-0.2, 0) is 15.1 Å². The van der Waals surface area contributed by atoms with Crippen LogP contribution in [0.4, 0.5) is 9.93 Å². The summed E-state index contributed by atoms with van der Waals surface area (Å²) in [6, 6.07) is 12.9. The summed E-state index contributed by atoms with van der Waals surface area (Å²) < 4.78 is 0. The van der Waals surface area contributed by atoms with Gasteiger partial charge in [0.05, 0.1) is 5.69 Å². The molecule has 2 aromatic carbocycles. The van der Waals surface area contributed by atoms with Gasteiger partial charge in [-0.2, -0.15) is 0 Å². The Hall–Kier alpha value is -3.52. The standard InChI is InChI=1S/C24H24N4O3S/c1-14-5-9-18(10-6-14)24(4)21(30)28(23(31)27-24)12-20(29)26-22-25-19(13-32-22)17-8-7-15(2)16(3)11-17/h5-11,13H,12H2,1-4H3,(H,27,31)(H,25,26,29). The predicted octanol–water partition coefficient (Wildman–Crippen LogP) is 4.14. The minimum atomic E-state index is -1.21. The number of aryl methyl sites for hydroxylation is 3. The van der Waals surface area contributed by atoms with Crippen molar-refractivity contribution in [2.45, 2.75) is 33.2 Å². The first kappa shape index (κ1) is 21.7. The minimum absolute atomic E-state index is 0.384. The minimum Gasteiger partial charge on any atom is -0.319 e. The van der Waals surface area contributed by atoms with Crippen molar-refractivity contribution in [1.82, 2.24) is 15.2 Å². The maximum absolute atomic E-state index is 13.0. The van der Waals surface area contributed by atoms with Crippen molar-refractivity contribution < 1.29 is 14.4 Å². The number of rotatable bonds is 5. The highest BCUT2D eigenvalue weighted by Gasteiger charge is 2.49. The third-order valence-electron chi connectivity index (χ3n) is 5.76. The summed E-state index contributed by atoms with van der Waals surface area (Å²) in [5, 5.41) is 7.69. The molecular weight excluding hydrogens is 424 g/mol. The van der Waals surface area contributed by atoms with E-state index in [9.17, 15) is 14.4 Å². The number of nitrogens with one attached hydrogen (secondary N) is 2. The normalized spacial score (nSPS) is 18.1. The van der Waals surface area contributed by atoms with E-state index in [1.165, 1.54) is 16.9 Å². The maximum atomic E-state index is 13.0. The van der Waals surface area contributed by atoms with E-state index in [1.54, 1.807) is 19.1 Å². The van der Waals surface area contributed by atoms with Crippen LogP contribution in [0, 0.1) is 20.8 Å². The molecule has 1 aromatic heterocycles. The van der Waals surface area contributed by atoms with Gasteiger partial charge in [-0.15, -0.1) is 11.3 Å². The molecular formula is C24H24N4O3S. The van der Waals surface area contributed by atoms with Crippen molar-refractivity contribution in [2.24, 2.45) is 0 Å². The van der Waals surface area contributed by atoms with Crippen molar-refractivity contribution >= 4 is 34.3 Å². The third-order valence-corrected chi connectivity index (χ3v) is 6.52. The van der Waals surface area contributed by atoms with E-state index in [1.807, 2.05) is 50.4 Å². The summed E-state index contributed by atoms with van der Waals surface area (Å²) in [7, 11) is 0. The fourth-order valence-corrected chi connectivity index (χ4v) is 4.33. The number of amides is 4. The summed E-state index contributed by atoms with van der Waals surface area (Å²) in [4.78, 5) is 43.5. The Labute approximate surface area is 190 Å². The SMILES string of the molecule is Cc1ccc(C2(C)NC(=O)N(CC(=O)Nc3nc(-c4ccc(C)c(C)c4)cs3)C2=O)cc1. The number of imide groups is 1. The van der Waals surface area contributed by atoms with E-state index < -0.39 is 23.4 Å². The Morgan fingerprint density at radius 3 is 2.50 bits per heavy atom. The van der Waals surface area contributed by atoms with E-state index in [-0.39, 0.29) is 6.54 Å². The lowest BCUT2D eigenvalue weighted by molar-refractivity contribution is -0.133. The van der Waals surface area contributed by atoms with Crippen LogP contribution >= 0.6 is 11.3 Å². The molecule has 1 aliphatic rings. The molecule has 7 nitrogen and oxygen atoms in total. The Kier molecular flexibility index (Phi) is 5.56. The average molecular weight is 449 g/mol. The fraction of sp³-hybridized carbons (Fsp3) is 0.250. The highest BCUT2D eigenvalue weighted by molar-refractivity contribution is 7.14. The van der Waals surface area contributed by atoms with Gasteiger partial charge >= 0.3 is 6.03 Å². The van der Waals surface area contributed by atoms with Crippen LogP contribution in [0.25, 0.3) is 11.3 Å². The summed E-state index contributed by atoms with van der Waals surface area (Å²) >= 11 is 1.29. The van der Waals surface area contributed by atoms with Crippen LogP contribution < -0.4 is 10.6 Å². The number of hydrogen-bond donors (Lipinski definition) is 2. The van der Waals surface area contributed by atoms with Crippen molar-refractivity contribution in [2.75, 3.05) is 11.9 Å². The molecule has 0 aliphatic carbocycles. The number of hydrogen-bond acceptors (Lipinski definition) is 5. The zero-order valence-electron chi connectivity index (χ0n) is 18.4. The molecule has 0 bridgehead atoms. The monoisotopic (exact) mass is 448 g/mol. The van der Waals surface area contributed by atoms with Crippen molar-refractivity contribution in [1.29, 1.82) is 0 Å². The van der Waals surface area contributed by atoms with Crippen molar-refractivity contribution in [3.05, 3.63) is 70.1 Å². The molecule has 1 fully saturated rings. The van der Waals surface area contributed by atoms with Crippen molar-refractivity contribution in [3.8, 4) is 11.3 Å². The number of carbonyl (C=O) groups is 3. The smallest absolute Gasteiger partial charge is 0.319 e. The first-order valence-corrected chi connectivity index (χ1v) is 11.1. The number of benzene rings is 2. The van der Waals surface area contributed by atoms with Gasteiger partial charge in [-0.05, 0) is 50.5 Å². The van der Waals surface area contributed by atoms with Gasteiger partial charge in [-0.3, -0.25) is 14.5 Å².